The Hall–Kier alpha value is -1.84. The summed E-state index contributed by atoms with van der Waals surface area (Å²) in [5, 5.41) is 11.1. The third-order valence-electron chi connectivity index (χ3n) is 4.70. The summed E-state index contributed by atoms with van der Waals surface area (Å²) in [6.07, 6.45) is 1.15. The van der Waals surface area contributed by atoms with Crippen LogP contribution in [0.15, 0.2) is 48.5 Å². The van der Waals surface area contributed by atoms with Crippen LogP contribution in [0.1, 0.15) is 40.4 Å². The fourth-order valence-corrected chi connectivity index (χ4v) is 3.67. The predicted molar refractivity (Wildman–Crippen MR) is 96.2 cm³/mol. The maximum atomic E-state index is 12.7. The van der Waals surface area contributed by atoms with Gasteiger partial charge >= 0.3 is 0 Å². The first-order valence-corrected chi connectivity index (χ1v) is 8.72. The average Bonchev–Trinajstić information content (AvgIpc) is 2.60. The fourth-order valence-electron chi connectivity index (χ4n) is 3.38. The molecule has 1 unspecified atom stereocenters. The molecule has 0 bridgehead atoms. The van der Waals surface area contributed by atoms with Crippen LogP contribution in [-0.2, 0) is 0 Å². The second kappa shape index (κ2) is 7.37. The van der Waals surface area contributed by atoms with E-state index in [0.29, 0.717) is 23.7 Å². The Kier molecular flexibility index (Phi) is 5.22. The SMILES string of the molecule is Cc1cc(Cl)cc(C(=O)N2CCC(C(O)c3ccccc3)CC2)c1. The van der Waals surface area contributed by atoms with Gasteiger partial charge in [-0.15, -0.1) is 0 Å². The highest BCUT2D eigenvalue weighted by Crippen LogP contribution is 2.31. The van der Waals surface area contributed by atoms with Crippen molar-refractivity contribution in [3.05, 3.63) is 70.2 Å². The number of nitrogens with zero attached hydrogens (tertiary/aromatic N) is 1. The number of carbonyl (C=O) groups excluding carboxylic acids is 1. The van der Waals surface area contributed by atoms with Gasteiger partial charge in [-0.3, -0.25) is 4.79 Å². The third-order valence-corrected chi connectivity index (χ3v) is 4.92. The summed E-state index contributed by atoms with van der Waals surface area (Å²) >= 11 is 6.06. The molecule has 126 valence electrons. The van der Waals surface area contributed by atoms with Crippen LogP contribution in [0.3, 0.4) is 0 Å². The molecule has 4 heteroatoms. The van der Waals surface area contributed by atoms with Gasteiger partial charge in [0, 0.05) is 23.7 Å². The van der Waals surface area contributed by atoms with E-state index >= 15 is 0 Å². The minimum absolute atomic E-state index is 0.0215. The van der Waals surface area contributed by atoms with Crippen LogP contribution in [0.4, 0.5) is 0 Å². The molecule has 1 aliphatic heterocycles. The number of aliphatic hydroxyl groups is 1. The normalized spacial score (nSPS) is 16.9. The number of benzene rings is 2. The summed E-state index contributed by atoms with van der Waals surface area (Å²) in [6.45, 7) is 3.27. The van der Waals surface area contributed by atoms with Gasteiger partial charge in [-0.2, -0.15) is 0 Å². The number of rotatable bonds is 3. The summed E-state index contributed by atoms with van der Waals surface area (Å²) in [6, 6.07) is 15.2. The van der Waals surface area contributed by atoms with Gasteiger partial charge in [-0.1, -0.05) is 41.9 Å². The Morgan fingerprint density at radius 3 is 2.46 bits per heavy atom. The zero-order valence-electron chi connectivity index (χ0n) is 13.8. The third kappa shape index (κ3) is 3.80. The Morgan fingerprint density at radius 1 is 1.17 bits per heavy atom. The molecule has 2 aromatic carbocycles. The highest BCUT2D eigenvalue weighted by molar-refractivity contribution is 6.31. The molecule has 0 aromatic heterocycles. The van der Waals surface area contributed by atoms with Crippen molar-refractivity contribution >= 4 is 17.5 Å². The lowest BCUT2D eigenvalue weighted by atomic mass is 9.87. The van der Waals surface area contributed by atoms with Crippen LogP contribution in [0.2, 0.25) is 5.02 Å². The van der Waals surface area contributed by atoms with Crippen LogP contribution in [0, 0.1) is 12.8 Å². The molecule has 1 aliphatic rings. The summed E-state index contributed by atoms with van der Waals surface area (Å²) in [4.78, 5) is 14.5. The maximum absolute atomic E-state index is 12.7. The lowest BCUT2D eigenvalue weighted by molar-refractivity contribution is 0.0462. The molecule has 1 atom stereocenters. The molecule has 1 heterocycles. The molecule has 3 rings (SSSR count). The molecule has 0 saturated carbocycles. The van der Waals surface area contributed by atoms with Gasteiger partial charge in [-0.05, 0) is 55.0 Å². The van der Waals surface area contributed by atoms with Crippen LogP contribution < -0.4 is 0 Å². The van der Waals surface area contributed by atoms with Gasteiger partial charge in [0.2, 0.25) is 0 Å². The fraction of sp³-hybridized carbons (Fsp3) is 0.350. The standard InChI is InChI=1S/C20H22ClNO2/c1-14-11-17(13-18(21)12-14)20(24)22-9-7-16(8-10-22)19(23)15-5-3-2-4-6-15/h2-6,11-13,16,19,23H,7-10H2,1H3. The van der Waals surface area contributed by atoms with Crippen LogP contribution in [0.25, 0.3) is 0 Å². The molecule has 1 N–H and O–H groups in total. The number of aliphatic hydroxyl groups excluding tert-OH is 1. The van der Waals surface area contributed by atoms with Crippen LogP contribution in [0.5, 0.6) is 0 Å². The van der Waals surface area contributed by atoms with Crippen molar-refractivity contribution in [2.24, 2.45) is 5.92 Å². The Balaban J connectivity index is 1.63. The van der Waals surface area contributed by atoms with Gasteiger partial charge in [0.1, 0.15) is 0 Å². The van der Waals surface area contributed by atoms with E-state index in [1.54, 1.807) is 6.07 Å². The predicted octanol–water partition coefficient (Wildman–Crippen LogP) is 4.23. The van der Waals surface area contributed by atoms with Crippen molar-refractivity contribution < 1.29 is 9.90 Å². The molecule has 24 heavy (non-hydrogen) atoms. The van der Waals surface area contributed by atoms with Gasteiger partial charge in [0.25, 0.3) is 5.91 Å². The van der Waals surface area contributed by atoms with Gasteiger partial charge in [0.15, 0.2) is 0 Å². The van der Waals surface area contributed by atoms with Gasteiger partial charge < -0.3 is 10.0 Å². The van der Waals surface area contributed by atoms with Gasteiger partial charge in [-0.25, -0.2) is 0 Å². The van der Waals surface area contributed by atoms with Crippen molar-refractivity contribution in [1.82, 2.24) is 4.90 Å². The molecular formula is C20H22ClNO2. The van der Waals surface area contributed by atoms with E-state index in [9.17, 15) is 9.90 Å². The smallest absolute Gasteiger partial charge is 0.253 e. The molecule has 0 radical (unpaired) electrons. The van der Waals surface area contributed by atoms with Crippen molar-refractivity contribution in [1.29, 1.82) is 0 Å². The van der Waals surface area contributed by atoms with E-state index in [2.05, 4.69) is 0 Å². The minimum Gasteiger partial charge on any atom is -0.388 e. The number of hydrogen-bond donors (Lipinski definition) is 1. The van der Waals surface area contributed by atoms with E-state index < -0.39 is 6.10 Å². The van der Waals surface area contributed by atoms with Gasteiger partial charge in [0.05, 0.1) is 6.10 Å². The number of amides is 1. The van der Waals surface area contributed by atoms with Crippen molar-refractivity contribution in [2.75, 3.05) is 13.1 Å². The number of hydrogen-bond acceptors (Lipinski definition) is 2. The minimum atomic E-state index is -0.461. The van der Waals surface area contributed by atoms with Crippen molar-refractivity contribution in [3.8, 4) is 0 Å². The first-order chi connectivity index (χ1) is 11.5. The Labute approximate surface area is 147 Å². The monoisotopic (exact) mass is 343 g/mol. The van der Waals surface area contributed by atoms with E-state index in [-0.39, 0.29) is 11.8 Å². The number of aryl methyl sites for hydroxylation is 1. The second-order valence-corrected chi connectivity index (χ2v) is 6.94. The molecule has 1 saturated heterocycles. The lowest BCUT2D eigenvalue weighted by Crippen LogP contribution is -2.39. The van der Waals surface area contributed by atoms with E-state index in [1.807, 2.05) is 54.3 Å². The molecule has 1 fully saturated rings. The molecule has 0 spiro atoms. The van der Waals surface area contributed by atoms with E-state index in [1.165, 1.54) is 0 Å². The molecular weight excluding hydrogens is 322 g/mol. The van der Waals surface area contributed by atoms with E-state index in [4.69, 9.17) is 11.6 Å². The van der Waals surface area contributed by atoms with Crippen LogP contribution >= 0.6 is 11.6 Å². The van der Waals surface area contributed by atoms with Crippen molar-refractivity contribution in [3.63, 3.8) is 0 Å². The number of piperidine rings is 1. The molecule has 0 aliphatic carbocycles. The number of halogens is 1. The Morgan fingerprint density at radius 2 is 1.83 bits per heavy atom. The molecule has 3 nitrogen and oxygen atoms in total. The second-order valence-electron chi connectivity index (χ2n) is 6.50. The number of likely N-dealkylation sites (tertiary alicyclic amines) is 1. The maximum Gasteiger partial charge on any atom is 0.253 e. The Bertz CT molecular complexity index is 689. The quantitative estimate of drug-likeness (QED) is 0.905. The van der Waals surface area contributed by atoms with E-state index in [0.717, 1.165) is 24.0 Å². The lowest BCUT2D eigenvalue weighted by Gasteiger charge is -2.34. The van der Waals surface area contributed by atoms with Crippen molar-refractivity contribution in [2.45, 2.75) is 25.9 Å². The zero-order valence-corrected chi connectivity index (χ0v) is 14.5. The highest BCUT2D eigenvalue weighted by Gasteiger charge is 2.28. The highest BCUT2D eigenvalue weighted by atomic mass is 35.5. The average molecular weight is 344 g/mol. The summed E-state index contributed by atoms with van der Waals surface area (Å²) in [5.74, 6) is 0.214. The topological polar surface area (TPSA) is 40.5 Å². The first-order valence-electron chi connectivity index (χ1n) is 8.34. The number of carbonyl (C=O) groups is 1. The summed E-state index contributed by atoms with van der Waals surface area (Å²) in [5.41, 5.74) is 2.58. The zero-order chi connectivity index (χ0) is 17.1. The van der Waals surface area contributed by atoms with Crippen LogP contribution in [-0.4, -0.2) is 29.0 Å². The largest absolute Gasteiger partial charge is 0.388 e. The summed E-state index contributed by atoms with van der Waals surface area (Å²) in [7, 11) is 0. The summed E-state index contributed by atoms with van der Waals surface area (Å²) < 4.78 is 0. The molecule has 2 aromatic rings. The first kappa shape index (κ1) is 17.0. The molecule has 1 amide bonds.